The lowest BCUT2D eigenvalue weighted by Gasteiger charge is -2.36. The van der Waals surface area contributed by atoms with E-state index in [1.807, 2.05) is 36.4 Å². The van der Waals surface area contributed by atoms with E-state index in [1.54, 1.807) is 0 Å². The Morgan fingerprint density at radius 2 is 0.925 bits per heavy atom. The average Bonchev–Trinajstić information content (AvgIpc) is 4.13. The minimum atomic E-state index is -0.706. The Bertz CT molecular complexity index is 1840. The number of piperazine rings is 2. The fourth-order valence-electron chi connectivity index (χ4n) is 7.69. The number of benzene rings is 4. The summed E-state index contributed by atoms with van der Waals surface area (Å²) >= 11 is 0. The molecule has 2 saturated heterocycles. The predicted octanol–water partition coefficient (Wildman–Crippen LogP) is 6.62. The molecule has 2 aliphatic carbocycles. The van der Waals surface area contributed by atoms with Crippen molar-refractivity contribution in [1.82, 2.24) is 9.80 Å². The number of carboxylic acid groups (broad SMARTS) is 1. The number of carboxylic acids is 1. The molecule has 0 spiro atoms. The van der Waals surface area contributed by atoms with Gasteiger partial charge in [0.25, 0.3) is 0 Å². The fraction of sp³-hybridized carbons (Fsp3) is 0.395. The summed E-state index contributed by atoms with van der Waals surface area (Å²) in [6.07, 6.45) is 3.24. The van der Waals surface area contributed by atoms with Gasteiger partial charge in [-0.25, -0.2) is 8.78 Å². The second-order valence-corrected chi connectivity index (χ2v) is 14.8. The van der Waals surface area contributed by atoms with Crippen LogP contribution in [0.5, 0.6) is 0 Å². The van der Waals surface area contributed by atoms with E-state index in [2.05, 4.69) is 56.0 Å². The van der Waals surface area contributed by atoms with Gasteiger partial charge in [-0.3, -0.25) is 19.4 Å². The van der Waals surface area contributed by atoms with E-state index in [-0.39, 0.29) is 17.6 Å². The van der Waals surface area contributed by atoms with Crippen LogP contribution >= 0.6 is 0 Å². The van der Waals surface area contributed by atoms with Gasteiger partial charge in [-0.2, -0.15) is 0 Å². The first kappa shape index (κ1) is 36.6. The molecule has 4 aromatic carbocycles. The Kier molecular flexibility index (Phi) is 10.8. The lowest BCUT2D eigenvalue weighted by Crippen LogP contribution is -2.45. The smallest absolute Gasteiger partial charge is 0.316 e. The van der Waals surface area contributed by atoms with Gasteiger partial charge in [0, 0.05) is 76.8 Å². The molecule has 4 aliphatic rings. The molecule has 0 radical (unpaired) electrons. The van der Waals surface area contributed by atoms with Crippen LogP contribution in [0.15, 0.2) is 97.1 Å². The number of nitrogens with zero attached hydrogens (tertiary/aromatic N) is 4. The molecule has 2 heterocycles. The molecule has 0 amide bonds. The van der Waals surface area contributed by atoms with Crippen LogP contribution in [0.1, 0.15) is 47.9 Å². The maximum Gasteiger partial charge on any atom is 0.316 e. The zero-order valence-electron chi connectivity index (χ0n) is 30.4. The highest BCUT2D eigenvalue weighted by molar-refractivity contribution is 5.86. The number of ether oxygens (including phenoxy) is 1. The summed E-state index contributed by atoms with van der Waals surface area (Å²) in [4.78, 5) is 32.8. The van der Waals surface area contributed by atoms with Gasteiger partial charge in [0.2, 0.25) is 0 Å². The number of hydrogen-bond acceptors (Lipinski definition) is 7. The predicted molar refractivity (Wildman–Crippen MR) is 202 cm³/mol. The lowest BCUT2D eigenvalue weighted by molar-refractivity contribution is -0.143. The number of hydrogen-bond donors (Lipinski definition) is 1. The number of rotatable bonds is 10. The van der Waals surface area contributed by atoms with Gasteiger partial charge < -0.3 is 19.6 Å². The molecule has 0 atom stereocenters. The number of esters is 1. The van der Waals surface area contributed by atoms with Crippen LogP contribution in [-0.4, -0.2) is 86.3 Å². The molecule has 4 aromatic rings. The summed E-state index contributed by atoms with van der Waals surface area (Å²) in [5, 5.41) is 9.39. The lowest BCUT2D eigenvalue weighted by atomic mass is 9.95. The summed E-state index contributed by atoms with van der Waals surface area (Å²) in [6, 6.07) is 29.9. The third-order valence-corrected chi connectivity index (χ3v) is 11.4. The van der Waals surface area contributed by atoms with E-state index < -0.39 is 16.8 Å². The molecule has 1 N–H and O–H groups in total. The van der Waals surface area contributed by atoms with Crippen molar-refractivity contribution in [2.45, 2.75) is 49.6 Å². The monoisotopic (exact) mass is 722 g/mol. The molecule has 0 aromatic heterocycles. The second-order valence-electron chi connectivity index (χ2n) is 14.8. The molecule has 8 nitrogen and oxygen atoms in total. The van der Waals surface area contributed by atoms with Crippen LogP contribution in [0, 0.1) is 11.6 Å². The Labute approximate surface area is 310 Å². The van der Waals surface area contributed by atoms with Crippen molar-refractivity contribution in [1.29, 1.82) is 0 Å². The average molecular weight is 723 g/mol. The first-order valence-electron chi connectivity index (χ1n) is 18.6. The van der Waals surface area contributed by atoms with Crippen molar-refractivity contribution in [2.75, 3.05) is 69.3 Å². The zero-order chi connectivity index (χ0) is 37.0. The van der Waals surface area contributed by atoms with E-state index >= 15 is 0 Å². The number of carbonyl (C=O) groups excluding carboxylic acids is 1. The molecular weight excluding hydrogens is 674 g/mol. The quantitative estimate of drug-likeness (QED) is 0.183. The standard InChI is InChI=1S/C22H25FN2O2.C21H23FN2O2/c1-27-21(26)22(10-11-22)18-4-2-17(3-5-18)16-24-12-14-25(15-13-24)20-8-6-19(23)7-9-20;22-18-5-7-19(8-6-18)24-13-11-23(12-14-24)15-16-1-3-17(4-2-16)21(9-10-21)20(25)26/h2-9H,10-16H2,1H3;1-8H,9-15H2,(H,25,26). The number of carbonyl (C=O) groups is 2. The molecule has 2 aliphatic heterocycles. The van der Waals surface area contributed by atoms with Gasteiger partial charge >= 0.3 is 11.9 Å². The van der Waals surface area contributed by atoms with Crippen LogP contribution in [0.25, 0.3) is 0 Å². The molecule has 4 fully saturated rings. The van der Waals surface area contributed by atoms with Crippen LogP contribution in [-0.2, 0) is 38.2 Å². The topological polar surface area (TPSA) is 76.6 Å². The Balaban J connectivity index is 0.000000164. The van der Waals surface area contributed by atoms with Crippen LogP contribution < -0.4 is 9.80 Å². The number of methoxy groups -OCH3 is 1. The maximum absolute atomic E-state index is 13.1. The van der Waals surface area contributed by atoms with Gasteiger partial charge in [-0.15, -0.1) is 0 Å². The maximum atomic E-state index is 13.1. The number of halogens is 2. The molecule has 0 bridgehead atoms. The third kappa shape index (κ3) is 8.39. The molecule has 278 valence electrons. The normalized spacial score (nSPS) is 19.2. The minimum absolute atomic E-state index is 0.118. The fourth-order valence-corrected chi connectivity index (χ4v) is 7.69. The highest BCUT2D eigenvalue weighted by Gasteiger charge is 2.52. The summed E-state index contributed by atoms with van der Waals surface area (Å²) in [5.41, 5.74) is 5.60. The van der Waals surface area contributed by atoms with Gasteiger partial charge in [-0.1, -0.05) is 48.5 Å². The minimum Gasteiger partial charge on any atom is -0.481 e. The van der Waals surface area contributed by atoms with Gasteiger partial charge in [0.1, 0.15) is 11.6 Å². The van der Waals surface area contributed by atoms with Gasteiger partial charge in [0.15, 0.2) is 0 Å². The third-order valence-electron chi connectivity index (χ3n) is 11.4. The first-order chi connectivity index (χ1) is 25.7. The van der Waals surface area contributed by atoms with E-state index in [1.165, 1.54) is 42.5 Å². The highest BCUT2D eigenvalue weighted by Crippen LogP contribution is 2.49. The second kappa shape index (κ2) is 15.7. The van der Waals surface area contributed by atoms with Crippen LogP contribution in [0.4, 0.5) is 20.2 Å². The van der Waals surface area contributed by atoms with Crippen molar-refractivity contribution in [3.63, 3.8) is 0 Å². The van der Waals surface area contributed by atoms with E-state index in [4.69, 9.17) is 4.74 Å². The Morgan fingerprint density at radius 1 is 0.566 bits per heavy atom. The SMILES string of the molecule is COC(=O)C1(c2ccc(CN3CCN(c4ccc(F)cc4)CC3)cc2)CC1.O=C(O)C1(c2ccc(CN3CCN(c4ccc(F)cc4)CC3)cc2)CC1. The molecule has 0 unspecified atom stereocenters. The Morgan fingerprint density at radius 3 is 1.25 bits per heavy atom. The van der Waals surface area contributed by atoms with Crippen molar-refractivity contribution in [3.05, 3.63) is 131 Å². The molecule has 2 saturated carbocycles. The van der Waals surface area contributed by atoms with E-state index in [0.717, 1.165) is 114 Å². The largest absolute Gasteiger partial charge is 0.481 e. The summed E-state index contributed by atoms with van der Waals surface area (Å²) in [6.45, 7) is 9.37. The van der Waals surface area contributed by atoms with Crippen molar-refractivity contribution >= 4 is 23.3 Å². The van der Waals surface area contributed by atoms with Gasteiger partial charge in [0.05, 0.1) is 17.9 Å². The summed E-state index contributed by atoms with van der Waals surface area (Å²) in [5.74, 6) is -1.22. The van der Waals surface area contributed by atoms with Crippen molar-refractivity contribution in [3.8, 4) is 0 Å². The first-order valence-corrected chi connectivity index (χ1v) is 18.6. The molecule has 10 heteroatoms. The van der Waals surface area contributed by atoms with E-state index in [9.17, 15) is 23.5 Å². The molecule has 8 rings (SSSR count). The Hall–Kier alpha value is -4.80. The van der Waals surface area contributed by atoms with Crippen LogP contribution in [0.2, 0.25) is 0 Å². The highest BCUT2D eigenvalue weighted by atomic mass is 19.1. The number of anilines is 2. The van der Waals surface area contributed by atoms with Crippen molar-refractivity contribution in [2.24, 2.45) is 0 Å². The van der Waals surface area contributed by atoms with E-state index in [0.29, 0.717) is 0 Å². The number of aliphatic carboxylic acids is 1. The summed E-state index contributed by atoms with van der Waals surface area (Å²) in [7, 11) is 1.46. The summed E-state index contributed by atoms with van der Waals surface area (Å²) < 4.78 is 31.1. The molecular formula is C43H48F2N4O4. The van der Waals surface area contributed by atoms with Gasteiger partial charge in [-0.05, 0) is 96.5 Å². The van der Waals surface area contributed by atoms with Crippen LogP contribution in [0.3, 0.4) is 0 Å². The van der Waals surface area contributed by atoms with Crippen molar-refractivity contribution < 1.29 is 28.2 Å². The molecule has 53 heavy (non-hydrogen) atoms. The zero-order valence-corrected chi connectivity index (χ0v) is 30.4.